The monoisotopic (exact) mass is 240 g/mol. The highest BCUT2D eigenvalue weighted by atomic mass is 19.1. The molecule has 0 unspecified atom stereocenters. The lowest BCUT2D eigenvalue weighted by Crippen LogP contribution is -2.34. The molecule has 1 heterocycles. The molecule has 1 saturated heterocycles. The SMILES string of the molecule is O=C1CCC(=O)N1CNc1c(F)cccc1F. The highest BCUT2D eigenvalue weighted by molar-refractivity contribution is 6.02. The van der Waals surface area contributed by atoms with Crippen LogP contribution in [0.2, 0.25) is 0 Å². The summed E-state index contributed by atoms with van der Waals surface area (Å²) >= 11 is 0. The van der Waals surface area contributed by atoms with E-state index in [0.717, 1.165) is 17.0 Å². The number of amides is 2. The normalized spacial score (nSPS) is 15.5. The van der Waals surface area contributed by atoms with Crippen molar-refractivity contribution in [1.82, 2.24) is 4.90 Å². The first kappa shape index (κ1) is 11.5. The van der Waals surface area contributed by atoms with Gasteiger partial charge < -0.3 is 5.32 Å². The van der Waals surface area contributed by atoms with E-state index in [-0.39, 0.29) is 37.0 Å². The molecule has 2 amide bonds. The van der Waals surface area contributed by atoms with Crippen molar-refractivity contribution in [2.24, 2.45) is 0 Å². The maximum atomic E-state index is 13.2. The van der Waals surface area contributed by atoms with Gasteiger partial charge in [0.05, 0.1) is 6.67 Å². The molecule has 4 nitrogen and oxygen atoms in total. The molecule has 0 spiro atoms. The second-order valence-corrected chi connectivity index (χ2v) is 3.65. The minimum atomic E-state index is -0.760. The van der Waals surface area contributed by atoms with Gasteiger partial charge in [-0.3, -0.25) is 14.5 Å². The number of hydrogen-bond acceptors (Lipinski definition) is 3. The van der Waals surface area contributed by atoms with Gasteiger partial charge in [-0.25, -0.2) is 8.78 Å². The van der Waals surface area contributed by atoms with E-state index in [4.69, 9.17) is 0 Å². The van der Waals surface area contributed by atoms with E-state index >= 15 is 0 Å². The van der Waals surface area contributed by atoms with Crippen molar-refractivity contribution in [2.75, 3.05) is 12.0 Å². The van der Waals surface area contributed by atoms with Crippen molar-refractivity contribution in [3.63, 3.8) is 0 Å². The molecule has 0 atom stereocenters. The molecule has 90 valence electrons. The molecule has 0 aliphatic carbocycles. The third kappa shape index (κ3) is 2.25. The van der Waals surface area contributed by atoms with Gasteiger partial charge in [0.25, 0.3) is 0 Å². The zero-order valence-electron chi connectivity index (χ0n) is 8.87. The van der Waals surface area contributed by atoms with Gasteiger partial charge in [0.15, 0.2) is 0 Å². The third-order valence-electron chi connectivity index (χ3n) is 2.53. The van der Waals surface area contributed by atoms with E-state index in [0.29, 0.717) is 0 Å². The molecule has 1 aromatic carbocycles. The number of imide groups is 1. The van der Waals surface area contributed by atoms with Crippen LogP contribution in [0.4, 0.5) is 14.5 Å². The van der Waals surface area contributed by atoms with Gasteiger partial charge in [-0.1, -0.05) is 6.07 Å². The van der Waals surface area contributed by atoms with Crippen LogP contribution in [0.15, 0.2) is 18.2 Å². The Hall–Kier alpha value is -1.98. The van der Waals surface area contributed by atoms with Crippen LogP contribution in [0.25, 0.3) is 0 Å². The first-order valence-electron chi connectivity index (χ1n) is 5.10. The Morgan fingerprint density at radius 1 is 1.12 bits per heavy atom. The van der Waals surface area contributed by atoms with E-state index in [1.54, 1.807) is 0 Å². The van der Waals surface area contributed by atoms with Crippen molar-refractivity contribution in [3.8, 4) is 0 Å². The van der Waals surface area contributed by atoms with Crippen LogP contribution in [0.1, 0.15) is 12.8 Å². The first-order valence-corrected chi connectivity index (χ1v) is 5.10. The van der Waals surface area contributed by atoms with Crippen molar-refractivity contribution in [3.05, 3.63) is 29.8 Å². The van der Waals surface area contributed by atoms with Gasteiger partial charge in [0, 0.05) is 12.8 Å². The van der Waals surface area contributed by atoms with Crippen LogP contribution in [-0.2, 0) is 9.59 Å². The van der Waals surface area contributed by atoms with Crippen LogP contribution in [-0.4, -0.2) is 23.4 Å². The summed E-state index contributed by atoms with van der Waals surface area (Å²) in [6.45, 7) is -0.213. The maximum Gasteiger partial charge on any atom is 0.231 e. The highest BCUT2D eigenvalue weighted by Crippen LogP contribution is 2.19. The average molecular weight is 240 g/mol. The lowest BCUT2D eigenvalue weighted by molar-refractivity contribution is -0.137. The summed E-state index contributed by atoms with van der Waals surface area (Å²) in [6.07, 6.45) is 0.306. The highest BCUT2D eigenvalue weighted by Gasteiger charge is 2.28. The number of carbonyl (C=O) groups excluding carboxylic acids is 2. The number of halogens is 2. The van der Waals surface area contributed by atoms with E-state index in [1.807, 2.05) is 0 Å². The van der Waals surface area contributed by atoms with Crippen LogP contribution in [0, 0.1) is 11.6 Å². The molecular formula is C11H10F2N2O2. The van der Waals surface area contributed by atoms with E-state index in [1.165, 1.54) is 6.07 Å². The van der Waals surface area contributed by atoms with Gasteiger partial charge >= 0.3 is 0 Å². The molecule has 1 N–H and O–H groups in total. The quantitative estimate of drug-likeness (QED) is 0.814. The Morgan fingerprint density at radius 3 is 2.18 bits per heavy atom. The Morgan fingerprint density at radius 2 is 1.65 bits per heavy atom. The van der Waals surface area contributed by atoms with Crippen LogP contribution >= 0.6 is 0 Å². The molecule has 0 aromatic heterocycles. The number of para-hydroxylation sites is 1. The minimum absolute atomic E-state index is 0.153. The fraction of sp³-hybridized carbons (Fsp3) is 0.273. The van der Waals surface area contributed by atoms with E-state index < -0.39 is 11.6 Å². The molecule has 17 heavy (non-hydrogen) atoms. The van der Waals surface area contributed by atoms with Gasteiger partial charge in [-0.2, -0.15) is 0 Å². The lowest BCUT2D eigenvalue weighted by Gasteiger charge is -2.16. The third-order valence-corrected chi connectivity index (χ3v) is 2.53. The van der Waals surface area contributed by atoms with Gasteiger partial charge in [0.1, 0.15) is 17.3 Å². The first-order chi connectivity index (χ1) is 8.09. The fourth-order valence-electron chi connectivity index (χ4n) is 1.62. The van der Waals surface area contributed by atoms with Gasteiger partial charge in [-0.05, 0) is 12.1 Å². The Balaban J connectivity index is 2.07. The topological polar surface area (TPSA) is 49.4 Å². The molecule has 1 aromatic rings. The average Bonchev–Trinajstić information content (AvgIpc) is 2.59. The summed E-state index contributed by atoms with van der Waals surface area (Å²) in [6, 6.07) is 3.43. The number of carbonyl (C=O) groups is 2. The molecule has 1 fully saturated rings. The zero-order chi connectivity index (χ0) is 12.4. The van der Waals surface area contributed by atoms with Crippen molar-refractivity contribution in [2.45, 2.75) is 12.8 Å². The molecule has 1 aliphatic rings. The molecule has 2 rings (SSSR count). The second kappa shape index (κ2) is 4.48. The lowest BCUT2D eigenvalue weighted by atomic mass is 10.3. The smallest absolute Gasteiger partial charge is 0.231 e. The summed E-state index contributed by atoms with van der Waals surface area (Å²) < 4.78 is 26.5. The molecule has 1 aliphatic heterocycles. The zero-order valence-corrected chi connectivity index (χ0v) is 8.87. The minimum Gasteiger partial charge on any atom is -0.362 e. The van der Waals surface area contributed by atoms with E-state index in [9.17, 15) is 18.4 Å². The van der Waals surface area contributed by atoms with Crippen molar-refractivity contribution < 1.29 is 18.4 Å². The number of benzene rings is 1. The number of nitrogens with one attached hydrogen (secondary N) is 1. The number of rotatable bonds is 3. The number of nitrogens with zero attached hydrogens (tertiary/aromatic N) is 1. The standard InChI is InChI=1S/C11H10F2N2O2/c12-7-2-1-3-8(13)11(7)14-6-15-9(16)4-5-10(15)17/h1-3,14H,4-6H2. The Bertz CT molecular complexity index is 440. The molecule has 6 heteroatoms. The fourth-order valence-corrected chi connectivity index (χ4v) is 1.62. The predicted octanol–water partition coefficient (Wildman–Crippen LogP) is 1.48. The van der Waals surface area contributed by atoms with Crippen LogP contribution in [0.5, 0.6) is 0 Å². The Labute approximate surface area is 96.2 Å². The number of likely N-dealkylation sites (tertiary alicyclic amines) is 1. The molecule has 0 bridgehead atoms. The van der Waals surface area contributed by atoms with Crippen LogP contribution < -0.4 is 5.32 Å². The summed E-state index contributed by atoms with van der Waals surface area (Å²) in [5.74, 6) is -2.19. The summed E-state index contributed by atoms with van der Waals surface area (Å²) in [5, 5.41) is 2.42. The maximum absolute atomic E-state index is 13.2. The summed E-state index contributed by atoms with van der Waals surface area (Å²) in [5.41, 5.74) is -0.333. The molecule has 0 saturated carbocycles. The Kier molecular flexibility index (Phi) is 3.03. The summed E-state index contributed by atoms with van der Waals surface area (Å²) in [4.78, 5) is 23.5. The molecular weight excluding hydrogens is 230 g/mol. The largest absolute Gasteiger partial charge is 0.362 e. The van der Waals surface area contributed by atoms with Crippen molar-refractivity contribution >= 4 is 17.5 Å². The van der Waals surface area contributed by atoms with E-state index in [2.05, 4.69) is 5.32 Å². The number of anilines is 1. The predicted molar refractivity (Wildman–Crippen MR) is 55.9 cm³/mol. The van der Waals surface area contributed by atoms with Gasteiger partial charge in [-0.15, -0.1) is 0 Å². The van der Waals surface area contributed by atoms with Crippen molar-refractivity contribution in [1.29, 1.82) is 0 Å². The van der Waals surface area contributed by atoms with Crippen LogP contribution in [0.3, 0.4) is 0 Å². The summed E-state index contributed by atoms with van der Waals surface area (Å²) in [7, 11) is 0. The second-order valence-electron chi connectivity index (χ2n) is 3.65. The molecule has 0 radical (unpaired) electrons. The number of hydrogen-bond donors (Lipinski definition) is 1. The van der Waals surface area contributed by atoms with Gasteiger partial charge in [0.2, 0.25) is 11.8 Å².